The highest BCUT2D eigenvalue weighted by molar-refractivity contribution is 6.34. The summed E-state index contributed by atoms with van der Waals surface area (Å²) < 4.78 is 68.8. The molecule has 214 valence electrons. The van der Waals surface area contributed by atoms with Crippen LogP contribution in [0.25, 0.3) is 0 Å². The van der Waals surface area contributed by atoms with Crippen LogP contribution in [0.2, 0.25) is 10.0 Å². The van der Waals surface area contributed by atoms with Gasteiger partial charge in [-0.15, -0.1) is 0 Å². The first kappa shape index (κ1) is 28.2. The second kappa shape index (κ2) is 10.6. The molecule has 16 heteroatoms. The fourth-order valence-corrected chi connectivity index (χ4v) is 5.52. The van der Waals surface area contributed by atoms with Crippen LogP contribution >= 0.6 is 23.2 Å². The third-order valence-corrected chi connectivity index (χ3v) is 7.56. The van der Waals surface area contributed by atoms with Crippen molar-refractivity contribution in [1.29, 1.82) is 0 Å². The number of carbonyl (C=O) groups excluding carboxylic acids is 1. The highest BCUT2D eigenvalue weighted by atomic mass is 35.5. The van der Waals surface area contributed by atoms with Crippen LogP contribution in [0.4, 0.5) is 29.1 Å². The molecule has 0 aliphatic carbocycles. The number of carbonyl (C=O) groups is 1. The highest BCUT2D eigenvalue weighted by Crippen LogP contribution is 2.45. The molecule has 0 radical (unpaired) electrons. The van der Waals surface area contributed by atoms with Crippen molar-refractivity contribution >= 4 is 40.6 Å². The van der Waals surface area contributed by atoms with Crippen LogP contribution in [0, 0.1) is 5.82 Å². The normalized spacial score (nSPS) is 17.2. The van der Waals surface area contributed by atoms with Crippen molar-refractivity contribution in [3.8, 4) is 6.01 Å². The lowest BCUT2D eigenvalue weighted by atomic mass is 9.94. The number of hydrogen-bond donors (Lipinski definition) is 2. The van der Waals surface area contributed by atoms with E-state index in [1.807, 2.05) is 4.90 Å². The Hall–Kier alpha value is -3.36. The Bertz CT molecular complexity index is 1500. The van der Waals surface area contributed by atoms with E-state index < -0.39 is 45.8 Å². The molecular weight excluding hydrogens is 581 g/mol. The van der Waals surface area contributed by atoms with Crippen LogP contribution in [-0.4, -0.2) is 46.4 Å². The van der Waals surface area contributed by atoms with Crippen molar-refractivity contribution in [2.24, 2.45) is 0 Å². The fourth-order valence-electron chi connectivity index (χ4n) is 4.92. The molecule has 0 bridgehead atoms. The first-order chi connectivity index (χ1) is 18.9. The Kier molecular flexibility index (Phi) is 7.44. The number of halogens is 6. The van der Waals surface area contributed by atoms with Gasteiger partial charge in [0.2, 0.25) is 0 Å². The van der Waals surface area contributed by atoms with Crippen LogP contribution in [0.1, 0.15) is 51.1 Å². The number of alkyl halides is 3. The number of nitrogens with one attached hydrogen (secondary N) is 1. The summed E-state index contributed by atoms with van der Waals surface area (Å²) in [6, 6.07) is 0.887. The summed E-state index contributed by atoms with van der Waals surface area (Å²) in [5.41, 5.74) is 4.98. The van der Waals surface area contributed by atoms with Gasteiger partial charge in [0.15, 0.2) is 11.5 Å². The molecule has 3 N–H and O–H groups in total. The van der Waals surface area contributed by atoms with Crippen LogP contribution in [0.5, 0.6) is 6.01 Å². The molecule has 0 fully saturated rings. The Morgan fingerprint density at radius 2 is 2.00 bits per heavy atom. The van der Waals surface area contributed by atoms with Gasteiger partial charge in [0.25, 0.3) is 5.91 Å². The minimum atomic E-state index is -4.96. The van der Waals surface area contributed by atoms with Crippen molar-refractivity contribution < 1.29 is 31.8 Å². The van der Waals surface area contributed by atoms with Crippen LogP contribution in [0.15, 0.2) is 6.07 Å². The number of fused-ring (bicyclic) bond motifs is 2. The number of benzene rings is 1. The van der Waals surface area contributed by atoms with Gasteiger partial charge in [0.1, 0.15) is 5.82 Å². The van der Waals surface area contributed by atoms with E-state index in [0.29, 0.717) is 42.3 Å². The molecule has 0 saturated heterocycles. The van der Waals surface area contributed by atoms with E-state index in [-0.39, 0.29) is 36.3 Å². The number of aromatic nitrogens is 4. The molecule has 1 unspecified atom stereocenters. The monoisotopic (exact) mass is 603 g/mol. The molecule has 1 aromatic carbocycles. The summed E-state index contributed by atoms with van der Waals surface area (Å²) in [6.45, 7) is 1.10. The number of hydrogen-bond acceptors (Lipinski definition) is 8. The van der Waals surface area contributed by atoms with E-state index in [4.69, 9.17) is 38.4 Å². The Labute approximate surface area is 235 Å². The zero-order valence-corrected chi connectivity index (χ0v) is 22.7. The van der Waals surface area contributed by atoms with Gasteiger partial charge in [-0.3, -0.25) is 9.48 Å². The molecule has 1 amide bonds. The van der Waals surface area contributed by atoms with Gasteiger partial charge in [-0.05, 0) is 18.1 Å². The number of amides is 1. The maximum Gasteiger partial charge on any atom is 0.418 e. The second-order valence-electron chi connectivity index (χ2n) is 9.21. The smallest absolute Gasteiger partial charge is 0.418 e. The van der Waals surface area contributed by atoms with Crippen molar-refractivity contribution in [2.75, 3.05) is 31.3 Å². The Balaban J connectivity index is 1.54. The summed E-state index contributed by atoms with van der Waals surface area (Å²) >= 11 is 12.3. The average molecular weight is 604 g/mol. The maximum absolute atomic E-state index is 14.2. The molecular formula is C24H23Cl2F4N7O3. The molecule has 2 aliphatic rings. The fraction of sp³-hybridized carbons (Fsp3) is 0.417. The topological polar surface area (TPSA) is 120 Å². The van der Waals surface area contributed by atoms with E-state index in [0.717, 1.165) is 6.07 Å². The second-order valence-corrected chi connectivity index (χ2v) is 9.96. The van der Waals surface area contributed by atoms with Gasteiger partial charge in [0.05, 0.1) is 59.0 Å². The lowest BCUT2D eigenvalue weighted by Crippen LogP contribution is -2.29. The quantitative estimate of drug-likeness (QED) is 0.334. The molecule has 3 aromatic rings. The van der Waals surface area contributed by atoms with Crippen molar-refractivity contribution in [2.45, 2.75) is 44.8 Å². The number of methoxy groups -OCH3 is 1. The molecule has 0 saturated carbocycles. The van der Waals surface area contributed by atoms with Gasteiger partial charge < -0.3 is 25.4 Å². The minimum absolute atomic E-state index is 0.00278. The van der Waals surface area contributed by atoms with Crippen LogP contribution in [0.3, 0.4) is 0 Å². The minimum Gasteiger partial charge on any atom is -0.467 e. The predicted molar refractivity (Wildman–Crippen MR) is 137 cm³/mol. The molecule has 40 heavy (non-hydrogen) atoms. The number of rotatable bonds is 4. The third-order valence-electron chi connectivity index (χ3n) is 6.81. The Morgan fingerprint density at radius 3 is 2.67 bits per heavy atom. The zero-order valence-electron chi connectivity index (χ0n) is 21.2. The van der Waals surface area contributed by atoms with E-state index in [2.05, 4.69) is 20.4 Å². The van der Waals surface area contributed by atoms with E-state index >= 15 is 0 Å². The van der Waals surface area contributed by atoms with E-state index in [1.165, 1.54) is 14.2 Å². The summed E-state index contributed by atoms with van der Waals surface area (Å²) in [5, 5.41) is 5.95. The molecule has 2 aliphatic heterocycles. The summed E-state index contributed by atoms with van der Waals surface area (Å²) in [6.07, 6.45) is -5.61. The van der Waals surface area contributed by atoms with Crippen molar-refractivity contribution in [3.63, 3.8) is 0 Å². The maximum atomic E-state index is 14.2. The van der Waals surface area contributed by atoms with E-state index in [9.17, 15) is 22.4 Å². The molecule has 1 atom stereocenters. The van der Waals surface area contributed by atoms with Crippen molar-refractivity contribution in [1.82, 2.24) is 25.1 Å². The van der Waals surface area contributed by atoms with Crippen LogP contribution < -0.4 is 20.7 Å². The number of nitrogens with two attached hydrogens (primary N) is 1. The van der Waals surface area contributed by atoms with E-state index in [1.54, 1.807) is 4.68 Å². The number of anilines is 2. The lowest BCUT2D eigenvalue weighted by Gasteiger charge is -2.31. The number of ether oxygens (including phenoxy) is 2. The first-order valence-electron chi connectivity index (χ1n) is 12.1. The molecule has 5 rings (SSSR count). The lowest BCUT2D eigenvalue weighted by molar-refractivity contribution is -0.140. The molecule has 10 nitrogen and oxygen atoms in total. The van der Waals surface area contributed by atoms with Gasteiger partial charge in [-0.2, -0.15) is 28.2 Å². The SMILES string of the molecule is CNC(=O)c1nn2c(c1Cl)CN(c1nc(OC)nc3c1COC(c1cc(N)c(F)c(Cl)c1C(F)(F)F)C3)CCC2. The van der Waals surface area contributed by atoms with Gasteiger partial charge in [-0.25, -0.2) is 4.39 Å². The zero-order chi connectivity index (χ0) is 28.9. The molecule has 2 aromatic heterocycles. The first-order valence-corrected chi connectivity index (χ1v) is 12.8. The largest absolute Gasteiger partial charge is 0.467 e. The number of nitrogens with zero attached hydrogens (tertiary/aromatic N) is 5. The molecule has 0 spiro atoms. The summed E-state index contributed by atoms with van der Waals surface area (Å²) in [4.78, 5) is 23.0. The van der Waals surface area contributed by atoms with Gasteiger partial charge >= 0.3 is 12.2 Å². The standard InChI is InChI=1S/C24H23Cl2F4N7O3/c1-32-22(38)20-17(25)14-8-36(4-3-5-37(14)35-20)21-11-9-40-15(7-13(11)33-23(34-21)39-2)10-6-12(31)19(27)18(26)16(10)24(28,29)30/h6,15H,3-5,7-9,31H2,1-2H3,(H,32,38). The van der Waals surface area contributed by atoms with Gasteiger partial charge in [-0.1, -0.05) is 23.2 Å². The summed E-state index contributed by atoms with van der Waals surface area (Å²) in [7, 11) is 2.85. The predicted octanol–water partition coefficient (Wildman–Crippen LogP) is 4.31. The Morgan fingerprint density at radius 1 is 1.25 bits per heavy atom. The van der Waals surface area contributed by atoms with Crippen LogP contribution in [-0.2, 0) is 37.0 Å². The van der Waals surface area contributed by atoms with Gasteiger partial charge in [0, 0.05) is 32.1 Å². The number of aryl methyl sites for hydroxylation is 1. The highest BCUT2D eigenvalue weighted by Gasteiger charge is 2.41. The average Bonchev–Trinajstić information content (AvgIpc) is 3.08. The summed E-state index contributed by atoms with van der Waals surface area (Å²) in [5.74, 6) is -1.32. The third kappa shape index (κ3) is 4.88. The van der Waals surface area contributed by atoms with Crippen molar-refractivity contribution in [3.05, 3.63) is 55.7 Å². The number of nitrogen functional groups attached to an aromatic ring is 1. The molecule has 4 heterocycles.